The van der Waals surface area contributed by atoms with E-state index in [1.807, 2.05) is 10.9 Å². The molecule has 1 atom stereocenters. The molecule has 1 aromatic heterocycles. The van der Waals surface area contributed by atoms with E-state index in [2.05, 4.69) is 78.3 Å². The lowest BCUT2D eigenvalue weighted by Crippen LogP contribution is -2.19. The highest BCUT2D eigenvalue weighted by Crippen LogP contribution is 2.26. The molecule has 0 aliphatic rings. The van der Waals surface area contributed by atoms with Crippen molar-refractivity contribution < 1.29 is 0 Å². The molecule has 0 saturated heterocycles. The largest absolute Gasteiger partial charge is 0.310 e. The van der Waals surface area contributed by atoms with Crippen molar-refractivity contribution in [3.8, 4) is 5.69 Å². The molecule has 0 bridgehead atoms. The maximum absolute atomic E-state index is 4.69. The number of halogens is 1. The summed E-state index contributed by atoms with van der Waals surface area (Å²) in [6.45, 7) is 9.58. The second-order valence-electron chi connectivity index (χ2n) is 5.32. The summed E-state index contributed by atoms with van der Waals surface area (Å²) in [5.41, 5.74) is 3.50. The Morgan fingerprint density at radius 1 is 1.25 bits per heavy atom. The van der Waals surface area contributed by atoms with Crippen LogP contribution in [0.4, 0.5) is 0 Å². The van der Waals surface area contributed by atoms with Crippen LogP contribution in [0, 0.1) is 0 Å². The Labute approximate surface area is 129 Å². The van der Waals surface area contributed by atoms with E-state index < -0.39 is 0 Å². The number of hydrogen-bond donors (Lipinski definition) is 1. The summed E-state index contributed by atoms with van der Waals surface area (Å²) >= 11 is 3.56. The monoisotopic (exact) mass is 335 g/mol. The van der Waals surface area contributed by atoms with Crippen LogP contribution in [0.5, 0.6) is 0 Å². The third-order valence-electron chi connectivity index (χ3n) is 3.41. The number of benzene rings is 1. The van der Waals surface area contributed by atoms with Crippen molar-refractivity contribution in [3.05, 3.63) is 46.2 Å². The Balaban J connectivity index is 2.44. The van der Waals surface area contributed by atoms with Gasteiger partial charge in [-0.3, -0.25) is 0 Å². The van der Waals surface area contributed by atoms with Gasteiger partial charge in [-0.15, -0.1) is 0 Å². The number of rotatable bonds is 5. The SMILES string of the molecule is CCNC(C)c1cc(Br)ccc1-n1ccc(C(C)C)n1. The van der Waals surface area contributed by atoms with Gasteiger partial charge >= 0.3 is 0 Å². The molecule has 4 heteroatoms. The second kappa shape index (κ2) is 6.55. The van der Waals surface area contributed by atoms with Gasteiger partial charge in [0.25, 0.3) is 0 Å². The third kappa shape index (κ3) is 3.30. The molecule has 1 aromatic carbocycles. The van der Waals surface area contributed by atoms with Crippen LogP contribution in [-0.4, -0.2) is 16.3 Å². The molecule has 2 aromatic rings. The van der Waals surface area contributed by atoms with Crippen molar-refractivity contribution in [1.29, 1.82) is 0 Å². The Morgan fingerprint density at radius 2 is 2.00 bits per heavy atom. The average molecular weight is 336 g/mol. The Bertz CT molecular complexity index is 575. The minimum atomic E-state index is 0.291. The predicted molar refractivity (Wildman–Crippen MR) is 87.4 cm³/mol. The second-order valence-corrected chi connectivity index (χ2v) is 6.24. The summed E-state index contributed by atoms with van der Waals surface area (Å²) in [5, 5.41) is 8.15. The van der Waals surface area contributed by atoms with E-state index in [4.69, 9.17) is 0 Å². The molecular formula is C16H22BrN3. The van der Waals surface area contributed by atoms with Gasteiger partial charge in [-0.2, -0.15) is 5.10 Å². The maximum atomic E-state index is 4.69. The van der Waals surface area contributed by atoms with E-state index in [1.54, 1.807) is 0 Å². The van der Waals surface area contributed by atoms with Crippen LogP contribution in [0.15, 0.2) is 34.9 Å². The van der Waals surface area contributed by atoms with Gasteiger partial charge in [-0.1, -0.05) is 36.7 Å². The van der Waals surface area contributed by atoms with E-state index in [9.17, 15) is 0 Å². The van der Waals surface area contributed by atoms with Gasteiger partial charge in [0.15, 0.2) is 0 Å². The van der Waals surface area contributed by atoms with Crippen molar-refractivity contribution in [2.75, 3.05) is 6.54 Å². The molecule has 0 aliphatic heterocycles. The molecule has 0 fully saturated rings. The smallest absolute Gasteiger partial charge is 0.0694 e. The van der Waals surface area contributed by atoms with Crippen LogP contribution >= 0.6 is 15.9 Å². The van der Waals surface area contributed by atoms with Crippen LogP contribution in [-0.2, 0) is 0 Å². The Kier molecular flexibility index (Phi) is 5.00. The fourth-order valence-electron chi connectivity index (χ4n) is 2.28. The van der Waals surface area contributed by atoms with Gasteiger partial charge in [0, 0.05) is 16.7 Å². The first-order chi connectivity index (χ1) is 9.52. The van der Waals surface area contributed by atoms with Crippen LogP contribution in [0.3, 0.4) is 0 Å². The average Bonchev–Trinajstić information content (AvgIpc) is 2.88. The van der Waals surface area contributed by atoms with Gasteiger partial charge < -0.3 is 5.32 Å². The zero-order valence-electron chi connectivity index (χ0n) is 12.5. The van der Waals surface area contributed by atoms with Crippen LogP contribution in [0.25, 0.3) is 5.69 Å². The van der Waals surface area contributed by atoms with Crippen molar-refractivity contribution in [1.82, 2.24) is 15.1 Å². The van der Waals surface area contributed by atoms with E-state index in [1.165, 1.54) is 5.56 Å². The maximum Gasteiger partial charge on any atom is 0.0694 e. The lowest BCUT2D eigenvalue weighted by atomic mass is 10.1. The molecular weight excluding hydrogens is 314 g/mol. The Morgan fingerprint density at radius 3 is 2.60 bits per heavy atom. The molecule has 108 valence electrons. The highest BCUT2D eigenvalue weighted by atomic mass is 79.9. The fourth-order valence-corrected chi connectivity index (χ4v) is 2.66. The predicted octanol–water partition coefficient (Wildman–Crippen LogP) is 4.43. The molecule has 20 heavy (non-hydrogen) atoms. The first-order valence-corrected chi connectivity index (χ1v) is 7.91. The molecule has 0 radical (unpaired) electrons. The number of aromatic nitrogens is 2. The lowest BCUT2D eigenvalue weighted by molar-refractivity contribution is 0.592. The molecule has 1 N–H and O–H groups in total. The molecule has 0 amide bonds. The van der Waals surface area contributed by atoms with Gasteiger partial charge in [-0.25, -0.2) is 4.68 Å². The fraction of sp³-hybridized carbons (Fsp3) is 0.438. The highest BCUT2D eigenvalue weighted by molar-refractivity contribution is 9.10. The number of nitrogens with one attached hydrogen (secondary N) is 1. The standard InChI is InChI=1S/C16H22BrN3/c1-5-18-12(4)14-10-13(17)6-7-16(14)20-9-8-15(19-20)11(2)3/h6-12,18H,5H2,1-4H3. The van der Waals surface area contributed by atoms with E-state index >= 15 is 0 Å². The lowest BCUT2D eigenvalue weighted by Gasteiger charge is -2.17. The zero-order chi connectivity index (χ0) is 14.7. The van der Waals surface area contributed by atoms with Gasteiger partial charge in [0.1, 0.15) is 0 Å². The quantitative estimate of drug-likeness (QED) is 0.875. The number of nitrogens with zero attached hydrogens (tertiary/aromatic N) is 2. The van der Waals surface area contributed by atoms with Gasteiger partial charge in [-0.05, 0) is 49.2 Å². The normalized spacial score (nSPS) is 12.9. The van der Waals surface area contributed by atoms with E-state index in [-0.39, 0.29) is 0 Å². The van der Waals surface area contributed by atoms with Gasteiger partial charge in [0.2, 0.25) is 0 Å². The summed E-state index contributed by atoms with van der Waals surface area (Å²) in [6.07, 6.45) is 2.04. The van der Waals surface area contributed by atoms with Crippen molar-refractivity contribution in [2.24, 2.45) is 0 Å². The first-order valence-electron chi connectivity index (χ1n) is 7.11. The highest BCUT2D eigenvalue weighted by Gasteiger charge is 2.13. The van der Waals surface area contributed by atoms with Gasteiger partial charge in [0.05, 0.1) is 11.4 Å². The van der Waals surface area contributed by atoms with Crippen molar-refractivity contribution in [3.63, 3.8) is 0 Å². The summed E-state index contributed by atoms with van der Waals surface area (Å²) in [5.74, 6) is 0.446. The summed E-state index contributed by atoms with van der Waals surface area (Å²) in [7, 11) is 0. The first kappa shape index (κ1) is 15.3. The molecule has 1 heterocycles. The van der Waals surface area contributed by atoms with Crippen LogP contribution in [0.2, 0.25) is 0 Å². The van der Waals surface area contributed by atoms with Crippen molar-refractivity contribution in [2.45, 2.75) is 39.7 Å². The van der Waals surface area contributed by atoms with Crippen LogP contribution in [0.1, 0.15) is 50.9 Å². The van der Waals surface area contributed by atoms with E-state index in [0.717, 1.165) is 22.4 Å². The third-order valence-corrected chi connectivity index (χ3v) is 3.91. The molecule has 2 rings (SSSR count). The summed E-state index contributed by atoms with van der Waals surface area (Å²) in [6, 6.07) is 8.73. The topological polar surface area (TPSA) is 29.9 Å². The molecule has 3 nitrogen and oxygen atoms in total. The molecule has 1 unspecified atom stereocenters. The molecule has 0 spiro atoms. The van der Waals surface area contributed by atoms with Crippen molar-refractivity contribution >= 4 is 15.9 Å². The molecule has 0 saturated carbocycles. The minimum absolute atomic E-state index is 0.291. The number of hydrogen-bond acceptors (Lipinski definition) is 2. The minimum Gasteiger partial charge on any atom is -0.310 e. The molecule has 0 aliphatic carbocycles. The summed E-state index contributed by atoms with van der Waals surface area (Å²) < 4.78 is 3.07. The Hall–Kier alpha value is -1.13. The van der Waals surface area contributed by atoms with Crippen LogP contribution < -0.4 is 5.32 Å². The summed E-state index contributed by atoms with van der Waals surface area (Å²) in [4.78, 5) is 0. The zero-order valence-corrected chi connectivity index (χ0v) is 14.1. The van der Waals surface area contributed by atoms with E-state index in [0.29, 0.717) is 12.0 Å².